The molecule has 2 aromatic carbocycles. The number of ether oxygens (including phenoxy) is 1. The quantitative estimate of drug-likeness (QED) is 0.155. The number of hydrogen-bond donors (Lipinski definition) is 10. The Kier molecular flexibility index (Phi) is 6.05. The van der Waals surface area contributed by atoms with E-state index in [-0.39, 0.29) is 23.1 Å². The molecule has 0 saturated heterocycles. The summed E-state index contributed by atoms with van der Waals surface area (Å²) in [5.74, 6) is -14.7. The van der Waals surface area contributed by atoms with Gasteiger partial charge in [0.15, 0.2) is 23.0 Å². The lowest BCUT2D eigenvalue weighted by Gasteiger charge is -2.24. The van der Waals surface area contributed by atoms with E-state index in [2.05, 4.69) is 0 Å². The molecule has 1 aliphatic rings. The molecule has 13 heteroatoms. The minimum Gasteiger partial charge on any atom is -0.506 e. The number of phenolic OH excluding ortho intramolecular Hbond substituents is 7. The highest BCUT2D eigenvalue weighted by atomic mass is 16.5. The van der Waals surface area contributed by atoms with Gasteiger partial charge in [0.1, 0.15) is 17.9 Å². The Morgan fingerprint density at radius 2 is 1.47 bits per heavy atom. The van der Waals surface area contributed by atoms with Crippen LogP contribution in [0.4, 0.5) is 0 Å². The zero-order chi connectivity index (χ0) is 25.7. The maximum atomic E-state index is 11.4. The van der Waals surface area contributed by atoms with E-state index in [1.807, 2.05) is 0 Å². The second kappa shape index (κ2) is 8.37. The Balaban J connectivity index is 2.49. The molecule has 1 aliphatic heterocycles. The van der Waals surface area contributed by atoms with Gasteiger partial charge in [-0.05, 0) is 26.1 Å². The number of carboxylic acids is 1. The number of rotatable bonds is 5. The summed E-state index contributed by atoms with van der Waals surface area (Å²) in [4.78, 5) is 13.2. The van der Waals surface area contributed by atoms with Crippen molar-refractivity contribution in [2.75, 3.05) is 20.6 Å². The van der Waals surface area contributed by atoms with E-state index in [1.165, 1.54) is 6.08 Å². The van der Waals surface area contributed by atoms with Gasteiger partial charge in [0.25, 0.3) is 5.79 Å². The molecule has 0 bridgehead atoms. The second-order valence-electron chi connectivity index (χ2n) is 7.85. The van der Waals surface area contributed by atoms with Gasteiger partial charge in [-0.1, -0.05) is 6.08 Å². The lowest BCUT2D eigenvalue weighted by Crippen LogP contribution is -2.35. The van der Waals surface area contributed by atoms with Crippen molar-refractivity contribution in [2.24, 2.45) is 0 Å². The number of aromatic hydroxyl groups is 7. The summed E-state index contributed by atoms with van der Waals surface area (Å²) in [7, 11) is 3.48. The molecule has 10 N–H and O–H groups in total. The molecule has 3 rings (SSSR count). The van der Waals surface area contributed by atoms with Crippen LogP contribution < -0.4 is 4.74 Å². The van der Waals surface area contributed by atoms with Crippen LogP contribution in [0.3, 0.4) is 0 Å². The number of hydrogen-bond acceptors (Lipinski definition) is 12. The van der Waals surface area contributed by atoms with Gasteiger partial charge in [-0.25, -0.2) is 4.79 Å². The van der Waals surface area contributed by atoms with Crippen molar-refractivity contribution in [1.82, 2.24) is 4.90 Å². The molecule has 184 valence electrons. The van der Waals surface area contributed by atoms with Crippen molar-refractivity contribution >= 4 is 11.5 Å². The second-order valence-corrected chi connectivity index (χ2v) is 7.85. The monoisotopic (exact) mass is 481 g/mol. The molecular formula is C21H23NO12. The zero-order valence-electron chi connectivity index (χ0n) is 17.9. The smallest absolute Gasteiger partial charge is 0.369 e. The van der Waals surface area contributed by atoms with Crippen LogP contribution >= 0.6 is 0 Å². The molecule has 0 unspecified atom stereocenters. The van der Waals surface area contributed by atoms with E-state index >= 15 is 0 Å². The number of fused-ring (bicyclic) bond motifs is 2. The van der Waals surface area contributed by atoms with Gasteiger partial charge in [0.2, 0.25) is 17.2 Å². The molecule has 0 amide bonds. The molecular weight excluding hydrogens is 458 g/mol. The summed E-state index contributed by atoms with van der Waals surface area (Å²) >= 11 is 0. The number of aliphatic carboxylic acids is 1. The Morgan fingerprint density at radius 3 is 2.03 bits per heavy atom. The molecule has 13 nitrogen and oxygen atoms in total. The largest absolute Gasteiger partial charge is 0.506 e. The molecule has 2 aromatic rings. The fraction of sp³-hybridized carbons (Fsp3) is 0.286. The summed E-state index contributed by atoms with van der Waals surface area (Å²) in [6.07, 6.45) is 1.54. The van der Waals surface area contributed by atoms with Crippen molar-refractivity contribution in [3.05, 3.63) is 28.3 Å². The Hall–Kier alpha value is -4.07. The molecule has 0 radical (unpaired) electrons. The maximum absolute atomic E-state index is 11.4. The van der Waals surface area contributed by atoms with Crippen LogP contribution in [0.15, 0.2) is 6.08 Å². The van der Waals surface area contributed by atoms with Gasteiger partial charge in [-0.3, -0.25) is 0 Å². The molecule has 0 saturated carbocycles. The first-order valence-electron chi connectivity index (χ1n) is 9.69. The number of carboxylic acid groups (broad SMARTS) is 1. The van der Waals surface area contributed by atoms with Crippen LogP contribution in [0.1, 0.15) is 28.7 Å². The number of phenols is 7. The van der Waals surface area contributed by atoms with E-state index in [0.717, 1.165) is 0 Å². The van der Waals surface area contributed by atoms with E-state index < -0.39 is 75.5 Å². The van der Waals surface area contributed by atoms with Crippen LogP contribution in [0.2, 0.25) is 0 Å². The highest BCUT2D eigenvalue weighted by Gasteiger charge is 2.45. The summed E-state index contributed by atoms with van der Waals surface area (Å²) in [5, 5.41) is 102. The van der Waals surface area contributed by atoms with E-state index in [4.69, 9.17) is 4.74 Å². The Morgan fingerprint density at radius 1 is 0.882 bits per heavy atom. The molecule has 1 heterocycles. The average Bonchev–Trinajstić information content (AvgIpc) is 2.92. The van der Waals surface area contributed by atoms with Crippen LogP contribution in [-0.2, 0) is 17.2 Å². The van der Waals surface area contributed by atoms with Gasteiger partial charge < -0.3 is 60.7 Å². The predicted molar refractivity (Wildman–Crippen MR) is 113 cm³/mol. The van der Waals surface area contributed by atoms with Gasteiger partial charge in [-0.15, -0.1) is 0 Å². The highest BCUT2D eigenvalue weighted by molar-refractivity contribution is 5.96. The van der Waals surface area contributed by atoms with E-state index in [1.54, 1.807) is 19.0 Å². The minimum atomic E-state index is -3.87. The predicted octanol–water partition coefficient (Wildman–Crippen LogP) is 0.124. The molecule has 0 aromatic heterocycles. The van der Waals surface area contributed by atoms with Crippen molar-refractivity contribution < 1.29 is 60.6 Å². The molecule has 34 heavy (non-hydrogen) atoms. The standard InChI is InChI=1S/C21H23NO12/c1-22(2)5-3-4-7-9-8(12(23)16(27)17(28)14(9)25)6-34-19-10(7)13(24)11(15(26)18(19)29)21(32,33)20(30)31/h4,23-29,32-33H,3,5-6H2,1-2H3,(H,30,31). The van der Waals surface area contributed by atoms with Crippen molar-refractivity contribution in [3.8, 4) is 46.0 Å². The van der Waals surface area contributed by atoms with Gasteiger partial charge in [0.05, 0.1) is 5.56 Å². The molecule has 0 spiro atoms. The van der Waals surface area contributed by atoms with Crippen LogP contribution in [0.25, 0.3) is 5.57 Å². The van der Waals surface area contributed by atoms with E-state index in [0.29, 0.717) is 6.54 Å². The third-order valence-corrected chi connectivity index (χ3v) is 5.35. The van der Waals surface area contributed by atoms with E-state index in [9.17, 15) is 55.9 Å². The van der Waals surface area contributed by atoms with Crippen molar-refractivity contribution in [1.29, 1.82) is 0 Å². The van der Waals surface area contributed by atoms with Gasteiger partial charge in [0, 0.05) is 17.7 Å². The van der Waals surface area contributed by atoms with Gasteiger partial charge >= 0.3 is 5.97 Å². The van der Waals surface area contributed by atoms with Crippen LogP contribution in [0.5, 0.6) is 46.0 Å². The zero-order valence-corrected chi connectivity index (χ0v) is 17.9. The third kappa shape index (κ3) is 3.61. The first-order chi connectivity index (χ1) is 15.7. The van der Waals surface area contributed by atoms with Gasteiger partial charge in [-0.2, -0.15) is 0 Å². The lowest BCUT2D eigenvalue weighted by molar-refractivity contribution is -0.208. The van der Waals surface area contributed by atoms with Crippen LogP contribution in [0, 0.1) is 0 Å². The Bertz CT molecular complexity index is 1220. The average molecular weight is 481 g/mol. The molecule has 0 atom stereocenters. The SMILES string of the molecule is CN(C)CCC=C1c2c(O)c(O)c(O)c(O)c2COc2c(O)c(O)c(C(O)(O)C(=O)O)c(O)c21. The minimum absolute atomic E-state index is 0.182. The molecule has 0 fully saturated rings. The van der Waals surface area contributed by atoms with Crippen LogP contribution in [-0.4, -0.2) is 82.6 Å². The Labute approximate surface area is 191 Å². The highest BCUT2D eigenvalue weighted by Crippen LogP contribution is 2.59. The first-order valence-corrected chi connectivity index (χ1v) is 9.69. The first kappa shape index (κ1) is 24.6. The molecule has 0 aliphatic carbocycles. The summed E-state index contributed by atoms with van der Waals surface area (Å²) in [6.45, 7) is -0.280. The summed E-state index contributed by atoms with van der Waals surface area (Å²) in [6, 6.07) is 0. The number of carbonyl (C=O) groups is 1. The van der Waals surface area contributed by atoms with Crippen molar-refractivity contribution in [2.45, 2.75) is 18.8 Å². The topological polar surface area (TPSA) is 232 Å². The normalized spacial score (nSPS) is 14.4. The summed E-state index contributed by atoms with van der Waals surface area (Å²) in [5.41, 5.74) is -2.89. The lowest BCUT2D eigenvalue weighted by atomic mass is 9.88. The third-order valence-electron chi connectivity index (χ3n) is 5.35. The number of nitrogens with zero attached hydrogens (tertiary/aromatic N) is 1. The maximum Gasteiger partial charge on any atom is 0.369 e. The van der Waals surface area contributed by atoms with Crippen molar-refractivity contribution in [3.63, 3.8) is 0 Å². The summed E-state index contributed by atoms with van der Waals surface area (Å²) < 4.78 is 5.39. The number of aliphatic hydroxyl groups is 2. The number of benzene rings is 2. The fourth-order valence-electron chi connectivity index (χ4n) is 3.63. The fourth-order valence-corrected chi connectivity index (χ4v) is 3.63.